The second-order valence-electron chi connectivity index (χ2n) is 3.54. The number of carbonyl (C=O) groups excluding carboxylic acids is 1. The molecule has 0 spiro atoms. The Balaban J connectivity index is 2.04. The molecule has 2 rings (SSSR count). The molecule has 0 aromatic carbocycles. The van der Waals surface area contributed by atoms with Crippen LogP contribution < -0.4 is 0 Å². The molecule has 70 valence electrons. The van der Waals surface area contributed by atoms with Gasteiger partial charge in [-0.2, -0.15) is 0 Å². The van der Waals surface area contributed by atoms with Crippen LogP contribution in [-0.2, 0) is 4.79 Å². The SMILES string of the molecule is O=C1CCCC(c2nccs2)CC1. The first-order valence-corrected chi connectivity index (χ1v) is 5.65. The molecule has 0 aliphatic heterocycles. The van der Waals surface area contributed by atoms with Crippen LogP contribution in [0.3, 0.4) is 0 Å². The number of thiazole rings is 1. The second-order valence-corrected chi connectivity index (χ2v) is 4.46. The van der Waals surface area contributed by atoms with E-state index in [-0.39, 0.29) is 0 Å². The zero-order valence-electron chi connectivity index (χ0n) is 7.53. The first-order chi connectivity index (χ1) is 6.36. The highest BCUT2D eigenvalue weighted by molar-refractivity contribution is 7.09. The third kappa shape index (κ3) is 2.15. The van der Waals surface area contributed by atoms with Gasteiger partial charge in [0.05, 0.1) is 5.01 Å². The van der Waals surface area contributed by atoms with Crippen molar-refractivity contribution in [3.63, 3.8) is 0 Å². The topological polar surface area (TPSA) is 30.0 Å². The Morgan fingerprint density at radius 1 is 1.38 bits per heavy atom. The van der Waals surface area contributed by atoms with Crippen molar-refractivity contribution in [1.29, 1.82) is 0 Å². The summed E-state index contributed by atoms with van der Waals surface area (Å²) >= 11 is 1.72. The fourth-order valence-electron chi connectivity index (χ4n) is 1.83. The van der Waals surface area contributed by atoms with Gasteiger partial charge in [0.15, 0.2) is 0 Å². The minimum absolute atomic E-state index is 0.430. The second kappa shape index (κ2) is 4.01. The van der Waals surface area contributed by atoms with Crippen molar-refractivity contribution in [3.05, 3.63) is 16.6 Å². The predicted octanol–water partition coefficient (Wildman–Crippen LogP) is 2.76. The van der Waals surface area contributed by atoms with Crippen LogP contribution in [0.2, 0.25) is 0 Å². The molecule has 3 heteroatoms. The average molecular weight is 195 g/mol. The van der Waals surface area contributed by atoms with Gasteiger partial charge in [0, 0.05) is 30.3 Å². The predicted molar refractivity (Wildman–Crippen MR) is 52.9 cm³/mol. The van der Waals surface area contributed by atoms with E-state index in [0.717, 1.165) is 32.1 Å². The van der Waals surface area contributed by atoms with Crippen molar-refractivity contribution in [2.45, 2.75) is 38.0 Å². The number of nitrogens with zero attached hydrogens (tertiary/aromatic N) is 1. The van der Waals surface area contributed by atoms with Gasteiger partial charge in [0.2, 0.25) is 0 Å². The van der Waals surface area contributed by atoms with Crippen LogP contribution in [0.5, 0.6) is 0 Å². The molecule has 1 saturated carbocycles. The van der Waals surface area contributed by atoms with Crippen LogP contribution >= 0.6 is 11.3 Å². The number of rotatable bonds is 1. The summed E-state index contributed by atoms with van der Waals surface area (Å²) < 4.78 is 0. The fraction of sp³-hybridized carbons (Fsp3) is 0.600. The Morgan fingerprint density at radius 3 is 3.08 bits per heavy atom. The van der Waals surface area contributed by atoms with Crippen molar-refractivity contribution < 1.29 is 4.79 Å². The molecule has 0 saturated heterocycles. The highest BCUT2D eigenvalue weighted by Gasteiger charge is 2.19. The molecule has 1 atom stereocenters. The van der Waals surface area contributed by atoms with Crippen LogP contribution in [0.15, 0.2) is 11.6 Å². The van der Waals surface area contributed by atoms with E-state index in [4.69, 9.17) is 0 Å². The maximum atomic E-state index is 11.2. The molecule has 0 bridgehead atoms. The smallest absolute Gasteiger partial charge is 0.132 e. The van der Waals surface area contributed by atoms with Crippen molar-refractivity contribution in [1.82, 2.24) is 4.98 Å². The van der Waals surface area contributed by atoms with Gasteiger partial charge in [0.1, 0.15) is 5.78 Å². The van der Waals surface area contributed by atoms with E-state index < -0.39 is 0 Å². The molecular formula is C10H13NOS. The molecule has 1 unspecified atom stereocenters. The highest BCUT2D eigenvalue weighted by atomic mass is 32.1. The minimum atomic E-state index is 0.430. The van der Waals surface area contributed by atoms with Gasteiger partial charge in [-0.15, -0.1) is 11.3 Å². The lowest BCUT2D eigenvalue weighted by Gasteiger charge is -2.08. The Morgan fingerprint density at radius 2 is 2.31 bits per heavy atom. The number of hydrogen-bond acceptors (Lipinski definition) is 3. The molecule has 0 radical (unpaired) electrons. The molecule has 0 N–H and O–H groups in total. The van der Waals surface area contributed by atoms with Crippen LogP contribution in [0.25, 0.3) is 0 Å². The molecule has 13 heavy (non-hydrogen) atoms. The molecule has 1 aromatic rings. The summed E-state index contributed by atoms with van der Waals surface area (Å²) in [6, 6.07) is 0. The normalized spacial score (nSPS) is 24.3. The molecule has 1 aromatic heterocycles. The largest absolute Gasteiger partial charge is 0.300 e. The third-order valence-corrected chi connectivity index (χ3v) is 3.52. The van der Waals surface area contributed by atoms with E-state index in [1.807, 2.05) is 11.6 Å². The number of hydrogen-bond donors (Lipinski definition) is 0. The van der Waals surface area contributed by atoms with Gasteiger partial charge < -0.3 is 0 Å². The molecule has 1 aliphatic carbocycles. The summed E-state index contributed by atoms with van der Waals surface area (Å²) in [6.45, 7) is 0. The quantitative estimate of drug-likeness (QED) is 0.645. The first-order valence-electron chi connectivity index (χ1n) is 4.77. The van der Waals surface area contributed by atoms with Gasteiger partial charge in [0.25, 0.3) is 0 Å². The molecule has 2 nitrogen and oxygen atoms in total. The average Bonchev–Trinajstić information content (AvgIpc) is 2.56. The fourth-order valence-corrected chi connectivity index (χ4v) is 2.64. The Bertz CT molecular complexity index is 281. The number of aromatic nitrogens is 1. The summed E-state index contributed by atoms with van der Waals surface area (Å²) in [6.07, 6.45) is 6.58. The summed E-state index contributed by atoms with van der Waals surface area (Å²) in [5, 5.41) is 3.23. The zero-order chi connectivity index (χ0) is 9.10. The third-order valence-electron chi connectivity index (χ3n) is 2.58. The van der Waals surface area contributed by atoms with E-state index in [1.165, 1.54) is 5.01 Å². The van der Waals surface area contributed by atoms with Crippen LogP contribution in [-0.4, -0.2) is 10.8 Å². The van der Waals surface area contributed by atoms with Gasteiger partial charge in [-0.25, -0.2) is 4.98 Å². The van der Waals surface area contributed by atoms with Crippen molar-refractivity contribution in [3.8, 4) is 0 Å². The summed E-state index contributed by atoms with van der Waals surface area (Å²) in [7, 11) is 0. The van der Waals surface area contributed by atoms with Gasteiger partial charge in [-0.05, 0) is 19.3 Å². The monoisotopic (exact) mass is 195 g/mol. The maximum absolute atomic E-state index is 11.2. The van der Waals surface area contributed by atoms with Gasteiger partial charge in [-0.1, -0.05) is 0 Å². The van der Waals surface area contributed by atoms with Crippen molar-refractivity contribution in [2.24, 2.45) is 0 Å². The van der Waals surface area contributed by atoms with E-state index in [2.05, 4.69) is 4.98 Å². The highest BCUT2D eigenvalue weighted by Crippen LogP contribution is 2.31. The maximum Gasteiger partial charge on any atom is 0.132 e. The van der Waals surface area contributed by atoms with E-state index in [9.17, 15) is 4.79 Å². The van der Waals surface area contributed by atoms with Crippen molar-refractivity contribution in [2.75, 3.05) is 0 Å². The zero-order valence-corrected chi connectivity index (χ0v) is 8.35. The lowest BCUT2D eigenvalue weighted by atomic mass is 10.0. The summed E-state index contributed by atoms with van der Waals surface area (Å²) in [4.78, 5) is 15.5. The molecule has 1 aliphatic rings. The Kier molecular flexibility index (Phi) is 2.74. The van der Waals surface area contributed by atoms with E-state index >= 15 is 0 Å². The number of Topliss-reactive ketones (excluding diaryl/α,β-unsaturated/α-hetero) is 1. The lowest BCUT2D eigenvalue weighted by molar-refractivity contribution is -0.118. The van der Waals surface area contributed by atoms with Gasteiger partial charge in [-0.3, -0.25) is 4.79 Å². The van der Waals surface area contributed by atoms with Crippen molar-refractivity contribution >= 4 is 17.1 Å². The number of ketones is 1. The minimum Gasteiger partial charge on any atom is -0.300 e. The van der Waals surface area contributed by atoms with Gasteiger partial charge >= 0.3 is 0 Å². The first kappa shape index (κ1) is 8.88. The van der Waals surface area contributed by atoms with Crippen LogP contribution in [0.1, 0.15) is 43.0 Å². The molecule has 1 heterocycles. The number of carbonyl (C=O) groups is 1. The molecule has 1 fully saturated rings. The standard InChI is InChI=1S/C10H13NOS/c12-9-3-1-2-8(4-5-9)10-11-6-7-13-10/h6-8H,1-5H2. The molecule has 0 amide bonds. The summed E-state index contributed by atoms with van der Waals surface area (Å²) in [5.41, 5.74) is 0. The van der Waals surface area contributed by atoms with Crippen LogP contribution in [0, 0.1) is 0 Å². The van der Waals surface area contributed by atoms with E-state index in [0.29, 0.717) is 11.7 Å². The van der Waals surface area contributed by atoms with E-state index in [1.54, 1.807) is 11.3 Å². The lowest BCUT2D eigenvalue weighted by Crippen LogP contribution is -1.97. The Hall–Kier alpha value is -0.700. The summed E-state index contributed by atoms with van der Waals surface area (Å²) in [5.74, 6) is 0.977. The Labute approximate surface area is 82.0 Å². The molecular weight excluding hydrogens is 182 g/mol. The van der Waals surface area contributed by atoms with Crippen LogP contribution in [0.4, 0.5) is 0 Å².